The van der Waals surface area contributed by atoms with E-state index in [2.05, 4.69) is 10.4 Å². The number of anilines is 1. The molecule has 5 nitrogen and oxygen atoms in total. The van der Waals surface area contributed by atoms with Gasteiger partial charge < -0.3 is 5.32 Å². The van der Waals surface area contributed by atoms with E-state index in [9.17, 15) is 4.79 Å². The van der Waals surface area contributed by atoms with Crippen LogP contribution < -0.4 is 5.32 Å². The number of amides is 1. The van der Waals surface area contributed by atoms with E-state index in [-0.39, 0.29) is 5.91 Å². The van der Waals surface area contributed by atoms with Crippen molar-refractivity contribution in [2.24, 2.45) is 0 Å². The molecule has 0 saturated carbocycles. The van der Waals surface area contributed by atoms with Crippen molar-refractivity contribution in [3.63, 3.8) is 0 Å². The molecule has 6 heteroatoms. The molecule has 86 valence electrons. The number of thiophene rings is 1. The van der Waals surface area contributed by atoms with Gasteiger partial charge in [-0.2, -0.15) is 10.4 Å². The molecule has 2 rings (SSSR count). The van der Waals surface area contributed by atoms with E-state index in [1.165, 1.54) is 11.3 Å². The monoisotopic (exact) mass is 246 g/mol. The van der Waals surface area contributed by atoms with Gasteiger partial charge in [-0.3, -0.25) is 9.48 Å². The second-order valence-electron chi connectivity index (χ2n) is 3.43. The number of carbonyl (C=O) groups excluding carboxylic acids is 1. The SMILES string of the molecule is C[C@@H](C(=O)Nc1sccc1C#N)n1cccn1. The third-order valence-corrected chi connectivity index (χ3v) is 3.15. The largest absolute Gasteiger partial charge is 0.315 e. The predicted octanol–water partition coefficient (Wildman–Crippen LogP) is 2.02. The van der Waals surface area contributed by atoms with Crippen LogP contribution in [0.2, 0.25) is 0 Å². The van der Waals surface area contributed by atoms with Crippen molar-refractivity contribution in [1.29, 1.82) is 5.26 Å². The fraction of sp³-hybridized carbons (Fsp3) is 0.182. The summed E-state index contributed by atoms with van der Waals surface area (Å²) in [6, 6.07) is 5.06. The number of nitrogens with one attached hydrogen (secondary N) is 1. The third-order valence-electron chi connectivity index (χ3n) is 2.32. The topological polar surface area (TPSA) is 70.7 Å². The fourth-order valence-electron chi connectivity index (χ4n) is 1.34. The molecular formula is C11H10N4OS. The Hall–Kier alpha value is -2.13. The molecule has 0 aliphatic rings. The van der Waals surface area contributed by atoms with Crippen LogP contribution in [0.15, 0.2) is 29.9 Å². The summed E-state index contributed by atoms with van der Waals surface area (Å²) < 4.78 is 1.56. The first-order valence-corrected chi connectivity index (χ1v) is 5.88. The summed E-state index contributed by atoms with van der Waals surface area (Å²) >= 11 is 1.33. The fourth-order valence-corrected chi connectivity index (χ4v) is 2.08. The summed E-state index contributed by atoms with van der Waals surface area (Å²) in [6.45, 7) is 1.75. The molecule has 0 unspecified atom stereocenters. The average molecular weight is 246 g/mol. The minimum atomic E-state index is -0.404. The lowest BCUT2D eigenvalue weighted by atomic mass is 10.3. The van der Waals surface area contributed by atoms with Crippen LogP contribution in [0.5, 0.6) is 0 Å². The zero-order chi connectivity index (χ0) is 12.3. The molecule has 1 N–H and O–H groups in total. The summed E-state index contributed by atoms with van der Waals surface area (Å²) in [5.74, 6) is -0.187. The molecule has 0 aliphatic carbocycles. The van der Waals surface area contributed by atoms with Crippen molar-refractivity contribution in [1.82, 2.24) is 9.78 Å². The molecule has 2 heterocycles. The van der Waals surface area contributed by atoms with E-state index in [1.807, 2.05) is 6.07 Å². The summed E-state index contributed by atoms with van der Waals surface area (Å²) in [4.78, 5) is 11.9. The van der Waals surface area contributed by atoms with Gasteiger partial charge in [0, 0.05) is 12.4 Å². The van der Waals surface area contributed by atoms with Crippen LogP contribution in [-0.4, -0.2) is 15.7 Å². The number of hydrogen-bond donors (Lipinski definition) is 1. The van der Waals surface area contributed by atoms with Crippen molar-refractivity contribution >= 4 is 22.2 Å². The molecule has 0 aliphatic heterocycles. The highest BCUT2D eigenvalue weighted by atomic mass is 32.1. The smallest absolute Gasteiger partial charge is 0.249 e. The first-order valence-electron chi connectivity index (χ1n) is 5.00. The van der Waals surface area contributed by atoms with Crippen molar-refractivity contribution in [2.45, 2.75) is 13.0 Å². The van der Waals surface area contributed by atoms with Crippen molar-refractivity contribution in [2.75, 3.05) is 5.32 Å². The molecule has 1 atom stereocenters. The van der Waals surface area contributed by atoms with Gasteiger partial charge in [0.2, 0.25) is 5.91 Å². The van der Waals surface area contributed by atoms with Gasteiger partial charge in [0.25, 0.3) is 0 Å². The van der Waals surface area contributed by atoms with Crippen LogP contribution >= 0.6 is 11.3 Å². The van der Waals surface area contributed by atoms with Gasteiger partial charge in [0.05, 0.1) is 5.56 Å². The lowest BCUT2D eigenvalue weighted by Gasteiger charge is -2.11. The molecule has 0 aromatic carbocycles. The molecule has 17 heavy (non-hydrogen) atoms. The highest BCUT2D eigenvalue weighted by molar-refractivity contribution is 7.14. The summed E-state index contributed by atoms with van der Waals surface area (Å²) in [7, 11) is 0. The van der Waals surface area contributed by atoms with Crippen molar-refractivity contribution in [3.05, 3.63) is 35.5 Å². The van der Waals surface area contributed by atoms with E-state index in [0.29, 0.717) is 10.6 Å². The maximum atomic E-state index is 11.9. The van der Waals surface area contributed by atoms with E-state index in [1.54, 1.807) is 41.5 Å². The van der Waals surface area contributed by atoms with Crippen LogP contribution in [-0.2, 0) is 4.79 Å². The third kappa shape index (κ3) is 2.34. The van der Waals surface area contributed by atoms with E-state index >= 15 is 0 Å². The van der Waals surface area contributed by atoms with Crippen LogP contribution in [0.1, 0.15) is 18.5 Å². The summed E-state index contributed by atoms with van der Waals surface area (Å²) in [5, 5.41) is 17.9. The molecule has 0 spiro atoms. The Morgan fingerprint density at radius 3 is 3.18 bits per heavy atom. The standard InChI is InChI=1S/C11H10N4OS/c1-8(15-5-2-4-13-15)10(16)14-11-9(7-12)3-6-17-11/h2-6,8H,1H3,(H,14,16)/t8-/m0/s1. The maximum Gasteiger partial charge on any atom is 0.249 e. The Balaban J connectivity index is 2.10. The second-order valence-corrected chi connectivity index (χ2v) is 4.34. The minimum Gasteiger partial charge on any atom is -0.315 e. The Labute approximate surface area is 102 Å². The van der Waals surface area contributed by atoms with Gasteiger partial charge in [-0.25, -0.2) is 0 Å². The normalized spacial score (nSPS) is 11.8. The molecule has 0 bridgehead atoms. The van der Waals surface area contributed by atoms with E-state index < -0.39 is 6.04 Å². The maximum absolute atomic E-state index is 11.9. The second kappa shape index (κ2) is 4.80. The number of aromatic nitrogens is 2. The van der Waals surface area contributed by atoms with Gasteiger partial charge in [-0.05, 0) is 24.4 Å². The molecule has 2 aromatic heterocycles. The van der Waals surface area contributed by atoms with Crippen molar-refractivity contribution in [3.8, 4) is 6.07 Å². The van der Waals surface area contributed by atoms with Gasteiger partial charge in [0.15, 0.2) is 0 Å². The molecular weight excluding hydrogens is 236 g/mol. The number of hydrogen-bond acceptors (Lipinski definition) is 4. The molecule has 0 radical (unpaired) electrons. The van der Waals surface area contributed by atoms with Crippen LogP contribution in [0, 0.1) is 11.3 Å². The highest BCUT2D eigenvalue weighted by Gasteiger charge is 2.16. The molecule has 0 fully saturated rings. The van der Waals surface area contributed by atoms with Gasteiger partial charge in [-0.15, -0.1) is 11.3 Å². The first-order chi connectivity index (χ1) is 8.22. The first kappa shape index (κ1) is 11.4. The Morgan fingerprint density at radius 1 is 1.71 bits per heavy atom. The van der Waals surface area contributed by atoms with Gasteiger partial charge in [-0.1, -0.05) is 0 Å². The zero-order valence-corrected chi connectivity index (χ0v) is 9.94. The average Bonchev–Trinajstić information content (AvgIpc) is 2.98. The molecule has 1 amide bonds. The minimum absolute atomic E-state index is 0.187. The predicted molar refractivity (Wildman–Crippen MR) is 64.6 cm³/mol. The zero-order valence-electron chi connectivity index (χ0n) is 9.12. The Bertz CT molecular complexity index is 552. The summed E-state index contributed by atoms with van der Waals surface area (Å²) in [5.41, 5.74) is 0.482. The van der Waals surface area contributed by atoms with E-state index in [4.69, 9.17) is 5.26 Å². The Morgan fingerprint density at radius 2 is 2.53 bits per heavy atom. The van der Waals surface area contributed by atoms with E-state index in [0.717, 1.165) is 0 Å². The number of rotatable bonds is 3. The van der Waals surface area contributed by atoms with Gasteiger partial charge in [0.1, 0.15) is 17.1 Å². The van der Waals surface area contributed by atoms with Gasteiger partial charge >= 0.3 is 0 Å². The number of nitriles is 1. The van der Waals surface area contributed by atoms with Crippen LogP contribution in [0.25, 0.3) is 0 Å². The van der Waals surface area contributed by atoms with Crippen molar-refractivity contribution < 1.29 is 4.79 Å². The quantitative estimate of drug-likeness (QED) is 0.900. The molecule has 2 aromatic rings. The van der Waals surface area contributed by atoms with Crippen LogP contribution in [0.3, 0.4) is 0 Å². The lowest BCUT2D eigenvalue weighted by Crippen LogP contribution is -2.23. The number of carbonyl (C=O) groups is 1. The summed E-state index contributed by atoms with van der Waals surface area (Å²) in [6.07, 6.45) is 3.35. The lowest BCUT2D eigenvalue weighted by molar-refractivity contribution is -0.119. The molecule has 0 saturated heterocycles. The highest BCUT2D eigenvalue weighted by Crippen LogP contribution is 2.23. The number of nitrogens with zero attached hydrogens (tertiary/aromatic N) is 3. The Kier molecular flexibility index (Phi) is 3.21. The van der Waals surface area contributed by atoms with Crippen LogP contribution in [0.4, 0.5) is 5.00 Å².